The highest BCUT2D eigenvalue weighted by molar-refractivity contribution is 6.30. The highest BCUT2D eigenvalue weighted by Gasteiger charge is 2.34. The molecule has 1 aliphatic rings. The lowest BCUT2D eigenvalue weighted by Crippen LogP contribution is -2.24. The zero-order chi connectivity index (χ0) is 19.9. The first-order valence-corrected chi connectivity index (χ1v) is 9.22. The highest BCUT2D eigenvalue weighted by Crippen LogP contribution is 2.31. The van der Waals surface area contributed by atoms with E-state index in [0.717, 1.165) is 36.8 Å². The molecule has 10 heteroatoms. The number of rotatable bonds is 4. The van der Waals surface area contributed by atoms with Gasteiger partial charge in [-0.3, -0.25) is 0 Å². The molecule has 0 bridgehead atoms. The molecule has 6 nitrogen and oxygen atoms in total. The first kappa shape index (κ1) is 18.8. The van der Waals surface area contributed by atoms with E-state index in [1.165, 1.54) is 10.8 Å². The summed E-state index contributed by atoms with van der Waals surface area (Å²) in [5.41, 5.74) is 1.25. The van der Waals surface area contributed by atoms with Crippen molar-refractivity contribution in [3.63, 3.8) is 0 Å². The Kier molecular flexibility index (Phi) is 4.78. The third kappa shape index (κ3) is 3.71. The Hall–Kier alpha value is -2.55. The molecule has 4 rings (SSSR count). The number of nitrogens with zero attached hydrogens (tertiary/aromatic N) is 5. The normalized spacial score (nSPS) is 17.5. The van der Waals surface area contributed by atoms with Crippen molar-refractivity contribution in [2.24, 2.45) is 5.92 Å². The SMILES string of the molecule is Cc1ccc(Cl)cc1N1CCC(CNc2cc(C(F)(F)F)nc3ncnn23)C1. The van der Waals surface area contributed by atoms with Crippen LogP contribution in [0, 0.1) is 12.8 Å². The predicted molar refractivity (Wildman–Crippen MR) is 101 cm³/mol. The Morgan fingerprint density at radius 2 is 2.11 bits per heavy atom. The van der Waals surface area contributed by atoms with Gasteiger partial charge in [0.05, 0.1) is 0 Å². The monoisotopic (exact) mass is 410 g/mol. The van der Waals surface area contributed by atoms with Crippen LogP contribution in [0.15, 0.2) is 30.6 Å². The zero-order valence-electron chi connectivity index (χ0n) is 15.0. The van der Waals surface area contributed by atoms with Gasteiger partial charge >= 0.3 is 6.18 Å². The number of hydrogen-bond acceptors (Lipinski definition) is 5. The maximum atomic E-state index is 13.1. The molecule has 1 N–H and O–H groups in total. The summed E-state index contributed by atoms with van der Waals surface area (Å²) in [4.78, 5) is 9.56. The Balaban J connectivity index is 1.48. The summed E-state index contributed by atoms with van der Waals surface area (Å²) < 4.78 is 40.5. The average molecular weight is 411 g/mol. The first-order chi connectivity index (χ1) is 13.3. The van der Waals surface area contributed by atoms with Crippen molar-refractivity contribution >= 4 is 28.9 Å². The van der Waals surface area contributed by atoms with Crippen molar-refractivity contribution in [2.75, 3.05) is 29.9 Å². The van der Waals surface area contributed by atoms with E-state index in [-0.39, 0.29) is 17.5 Å². The number of aromatic nitrogens is 4. The summed E-state index contributed by atoms with van der Waals surface area (Å²) in [6.45, 7) is 4.23. The van der Waals surface area contributed by atoms with E-state index < -0.39 is 11.9 Å². The Morgan fingerprint density at radius 3 is 2.89 bits per heavy atom. The van der Waals surface area contributed by atoms with Crippen molar-refractivity contribution in [1.82, 2.24) is 19.6 Å². The summed E-state index contributed by atoms with van der Waals surface area (Å²) in [7, 11) is 0. The van der Waals surface area contributed by atoms with Crippen LogP contribution in [0.5, 0.6) is 0 Å². The molecule has 0 spiro atoms. The van der Waals surface area contributed by atoms with Crippen LogP contribution in [0.25, 0.3) is 5.78 Å². The van der Waals surface area contributed by atoms with Gasteiger partial charge in [0.25, 0.3) is 5.78 Å². The molecule has 0 saturated carbocycles. The van der Waals surface area contributed by atoms with Gasteiger partial charge in [0, 0.05) is 36.4 Å². The maximum Gasteiger partial charge on any atom is 0.433 e. The first-order valence-electron chi connectivity index (χ1n) is 8.84. The van der Waals surface area contributed by atoms with E-state index in [1.807, 2.05) is 25.1 Å². The lowest BCUT2D eigenvalue weighted by atomic mass is 10.1. The van der Waals surface area contributed by atoms with Gasteiger partial charge in [0.2, 0.25) is 0 Å². The van der Waals surface area contributed by atoms with E-state index in [4.69, 9.17) is 11.6 Å². The van der Waals surface area contributed by atoms with Crippen LogP contribution < -0.4 is 10.2 Å². The van der Waals surface area contributed by atoms with Crippen LogP contribution in [0.2, 0.25) is 5.02 Å². The fraction of sp³-hybridized carbons (Fsp3) is 0.389. The number of hydrogen-bond donors (Lipinski definition) is 1. The molecule has 148 valence electrons. The summed E-state index contributed by atoms with van der Waals surface area (Å²) in [5, 5.41) is 7.74. The standard InChI is InChI=1S/C18H18ClF3N6/c1-11-2-3-13(19)6-14(11)27-5-4-12(9-27)8-23-16-7-15(18(20,21)22)26-17-24-10-25-28(16)17/h2-3,6-7,10,12,23H,4-5,8-9H2,1H3. The average Bonchev–Trinajstić information content (AvgIpc) is 3.30. The van der Waals surface area contributed by atoms with Gasteiger partial charge in [0.1, 0.15) is 12.1 Å². The Bertz CT molecular complexity index is 1000. The van der Waals surface area contributed by atoms with Gasteiger partial charge < -0.3 is 10.2 Å². The molecule has 1 atom stereocenters. The smallest absolute Gasteiger partial charge is 0.371 e. The van der Waals surface area contributed by atoms with Gasteiger partial charge in [-0.1, -0.05) is 17.7 Å². The number of benzene rings is 1. The van der Waals surface area contributed by atoms with E-state index in [0.29, 0.717) is 11.6 Å². The number of fused-ring (bicyclic) bond motifs is 1. The van der Waals surface area contributed by atoms with Gasteiger partial charge in [-0.25, -0.2) is 4.98 Å². The molecule has 0 aliphatic carbocycles. The second-order valence-electron chi connectivity index (χ2n) is 6.91. The second kappa shape index (κ2) is 7.12. The number of nitrogens with one attached hydrogen (secondary N) is 1. The zero-order valence-corrected chi connectivity index (χ0v) is 15.8. The van der Waals surface area contributed by atoms with Crippen molar-refractivity contribution < 1.29 is 13.2 Å². The van der Waals surface area contributed by atoms with Crippen LogP contribution >= 0.6 is 11.6 Å². The lowest BCUT2D eigenvalue weighted by Gasteiger charge is -2.21. The van der Waals surface area contributed by atoms with E-state index in [9.17, 15) is 13.2 Å². The molecule has 0 amide bonds. The maximum absolute atomic E-state index is 13.1. The van der Waals surface area contributed by atoms with Crippen LogP contribution in [-0.4, -0.2) is 39.2 Å². The molecular formula is C18H18ClF3N6. The van der Waals surface area contributed by atoms with E-state index in [2.05, 4.69) is 25.3 Å². The van der Waals surface area contributed by atoms with E-state index >= 15 is 0 Å². The van der Waals surface area contributed by atoms with Crippen molar-refractivity contribution in [3.8, 4) is 0 Å². The van der Waals surface area contributed by atoms with Gasteiger partial charge in [-0.15, -0.1) is 0 Å². The fourth-order valence-electron chi connectivity index (χ4n) is 3.47. The van der Waals surface area contributed by atoms with Crippen LogP contribution in [-0.2, 0) is 6.18 Å². The molecule has 1 saturated heterocycles. The largest absolute Gasteiger partial charge is 0.433 e. The molecule has 1 aromatic carbocycles. The van der Waals surface area contributed by atoms with Crippen molar-refractivity contribution in [1.29, 1.82) is 0 Å². The molecule has 2 aromatic heterocycles. The topological polar surface area (TPSA) is 58.3 Å². The summed E-state index contributed by atoms with van der Waals surface area (Å²) in [6.07, 6.45) is -2.43. The third-order valence-electron chi connectivity index (χ3n) is 4.91. The Labute approximate surface area is 164 Å². The minimum absolute atomic E-state index is 0.0834. The summed E-state index contributed by atoms with van der Waals surface area (Å²) in [6, 6.07) is 6.76. The van der Waals surface area contributed by atoms with Gasteiger partial charge in [0.15, 0.2) is 5.69 Å². The molecular weight excluding hydrogens is 393 g/mol. The molecule has 1 fully saturated rings. The molecule has 28 heavy (non-hydrogen) atoms. The third-order valence-corrected chi connectivity index (χ3v) is 5.15. The molecule has 1 unspecified atom stereocenters. The number of halogens is 4. The molecule has 1 aliphatic heterocycles. The lowest BCUT2D eigenvalue weighted by molar-refractivity contribution is -0.141. The van der Waals surface area contributed by atoms with Gasteiger partial charge in [-0.2, -0.15) is 27.8 Å². The molecule has 3 aromatic rings. The number of aryl methyl sites for hydroxylation is 1. The summed E-state index contributed by atoms with van der Waals surface area (Å²) in [5.74, 6) is 0.423. The summed E-state index contributed by atoms with van der Waals surface area (Å²) >= 11 is 6.12. The molecule has 3 heterocycles. The number of alkyl halides is 3. The second-order valence-corrected chi connectivity index (χ2v) is 7.35. The Morgan fingerprint density at radius 1 is 1.29 bits per heavy atom. The van der Waals surface area contributed by atoms with E-state index in [1.54, 1.807) is 0 Å². The fourth-order valence-corrected chi connectivity index (χ4v) is 3.64. The number of anilines is 2. The highest BCUT2D eigenvalue weighted by atomic mass is 35.5. The predicted octanol–water partition coefficient (Wildman–Crippen LogP) is 4.04. The minimum atomic E-state index is -4.54. The minimum Gasteiger partial charge on any atom is -0.371 e. The van der Waals surface area contributed by atoms with Crippen molar-refractivity contribution in [2.45, 2.75) is 19.5 Å². The van der Waals surface area contributed by atoms with Crippen molar-refractivity contribution in [3.05, 3.63) is 46.9 Å². The molecule has 0 radical (unpaired) electrons. The van der Waals surface area contributed by atoms with Crippen LogP contribution in [0.4, 0.5) is 24.7 Å². The van der Waals surface area contributed by atoms with Gasteiger partial charge in [-0.05, 0) is 37.0 Å². The van der Waals surface area contributed by atoms with Crippen LogP contribution in [0.1, 0.15) is 17.7 Å². The van der Waals surface area contributed by atoms with Crippen LogP contribution in [0.3, 0.4) is 0 Å². The quantitative estimate of drug-likeness (QED) is 0.703.